The standard InChI is InChI=1S/C23H27N3O2/c1-18-13-15-26(16-14-18)21-10-8-20(9-11-21)25-23(28)17-24-22(27)12-7-19-5-3-2-4-6-19/h2-12,18H,13-17H2,1H3,(H,24,27)(H,25,28)/b12-7+. The van der Waals surface area contributed by atoms with Crippen LogP contribution in [0.25, 0.3) is 6.08 Å². The Labute approximate surface area is 166 Å². The molecule has 1 heterocycles. The van der Waals surface area contributed by atoms with E-state index in [0.717, 1.165) is 30.3 Å². The van der Waals surface area contributed by atoms with E-state index in [-0.39, 0.29) is 18.4 Å². The van der Waals surface area contributed by atoms with Gasteiger partial charge in [-0.05, 0) is 54.7 Å². The van der Waals surface area contributed by atoms with Gasteiger partial charge in [0, 0.05) is 30.5 Å². The van der Waals surface area contributed by atoms with Gasteiger partial charge < -0.3 is 15.5 Å². The van der Waals surface area contributed by atoms with Crippen molar-refractivity contribution in [3.63, 3.8) is 0 Å². The third kappa shape index (κ3) is 5.98. The van der Waals surface area contributed by atoms with Crippen LogP contribution < -0.4 is 15.5 Å². The molecule has 5 nitrogen and oxygen atoms in total. The van der Waals surface area contributed by atoms with Gasteiger partial charge in [0.25, 0.3) is 0 Å². The largest absolute Gasteiger partial charge is 0.372 e. The summed E-state index contributed by atoms with van der Waals surface area (Å²) in [4.78, 5) is 26.3. The van der Waals surface area contributed by atoms with Crippen LogP contribution in [0.2, 0.25) is 0 Å². The van der Waals surface area contributed by atoms with Gasteiger partial charge >= 0.3 is 0 Å². The molecule has 0 bridgehead atoms. The first-order chi connectivity index (χ1) is 13.6. The number of rotatable bonds is 6. The summed E-state index contributed by atoms with van der Waals surface area (Å²) in [6.07, 6.45) is 5.58. The Bertz CT molecular complexity index is 808. The maximum atomic E-state index is 12.1. The van der Waals surface area contributed by atoms with Crippen LogP contribution in [0, 0.1) is 5.92 Å². The van der Waals surface area contributed by atoms with Gasteiger partial charge in [0.05, 0.1) is 6.54 Å². The second-order valence-corrected chi connectivity index (χ2v) is 7.23. The number of carbonyl (C=O) groups is 2. The monoisotopic (exact) mass is 377 g/mol. The molecule has 146 valence electrons. The van der Waals surface area contributed by atoms with Crippen molar-refractivity contribution in [2.75, 3.05) is 29.9 Å². The van der Waals surface area contributed by atoms with E-state index in [2.05, 4.69) is 22.5 Å². The fourth-order valence-electron chi connectivity index (χ4n) is 3.19. The summed E-state index contributed by atoms with van der Waals surface area (Å²) in [6, 6.07) is 17.4. The van der Waals surface area contributed by atoms with Gasteiger partial charge in [-0.1, -0.05) is 37.3 Å². The van der Waals surface area contributed by atoms with Gasteiger partial charge in [0.15, 0.2) is 0 Å². The number of benzene rings is 2. The molecule has 3 rings (SSSR count). The van der Waals surface area contributed by atoms with Crippen LogP contribution in [0.4, 0.5) is 11.4 Å². The molecule has 1 aliphatic rings. The van der Waals surface area contributed by atoms with Crippen LogP contribution in [-0.4, -0.2) is 31.4 Å². The quantitative estimate of drug-likeness (QED) is 0.755. The second kappa shape index (κ2) is 9.74. The van der Waals surface area contributed by atoms with Crippen molar-refractivity contribution < 1.29 is 9.59 Å². The second-order valence-electron chi connectivity index (χ2n) is 7.23. The van der Waals surface area contributed by atoms with Gasteiger partial charge in [0.2, 0.25) is 11.8 Å². The van der Waals surface area contributed by atoms with Crippen LogP contribution in [0.15, 0.2) is 60.7 Å². The summed E-state index contributed by atoms with van der Waals surface area (Å²) in [6.45, 7) is 4.39. The number of nitrogens with zero attached hydrogens (tertiary/aromatic N) is 1. The molecule has 0 aliphatic carbocycles. The zero-order chi connectivity index (χ0) is 19.8. The fraction of sp³-hybridized carbons (Fsp3) is 0.304. The van der Waals surface area contributed by atoms with E-state index in [1.54, 1.807) is 6.08 Å². The van der Waals surface area contributed by atoms with Crippen molar-refractivity contribution in [3.8, 4) is 0 Å². The smallest absolute Gasteiger partial charge is 0.244 e. The maximum Gasteiger partial charge on any atom is 0.244 e. The predicted octanol–water partition coefficient (Wildman–Crippen LogP) is 3.69. The molecule has 0 radical (unpaired) electrons. The molecule has 0 atom stereocenters. The minimum absolute atomic E-state index is 0.0657. The van der Waals surface area contributed by atoms with Crippen molar-refractivity contribution in [2.24, 2.45) is 5.92 Å². The van der Waals surface area contributed by atoms with Gasteiger partial charge in [-0.3, -0.25) is 9.59 Å². The van der Waals surface area contributed by atoms with Gasteiger partial charge in [-0.15, -0.1) is 0 Å². The van der Waals surface area contributed by atoms with Crippen molar-refractivity contribution in [3.05, 3.63) is 66.2 Å². The van der Waals surface area contributed by atoms with E-state index in [1.807, 2.05) is 54.6 Å². The summed E-state index contributed by atoms with van der Waals surface area (Å²) in [7, 11) is 0. The Morgan fingerprint density at radius 1 is 1.04 bits per heavy atom. The normalized spacial score (nSPS) is 14.8. The molecular weight excluding hydrogens is 350 g/mol. The van der Waals surface area contributed by atoms with E-state index >= 15 is 0 Å². The highest BCUT2D eigenvalue weighted by Gasteiger charge is 2.15. The molecule has 5 heteroatoms. The Kier molecular flexibility index (Phi) is 6.84. The molecule has 1 aliphatic heterocycles. The fourth-order valence-corrected chi connectivity index (χ4v) is 3.19. The van der Waals surface area contributed by atoms with E-state index in [4.69, 9.17) is 0 Å². The number of anilines is 2. The molecule has 0 spiro atoms. The molecule has 0 saturated carbocycles. The minimum Gasteiger partial charge on any atom is -0.372 e. The first kappa shape index (κ1) is 19.7. The molecular formula is C23H27N3O2. The highest BCUT2D eigenvalue weighted by Crippen LogP contribution is 2.24. The molecule has 0 unspecified atom stereocenters. The average Bonchev–Trinajstić information content (AvgIpc) is 2.73. The SMILES string of the molecule is CC1CCN(c2ccc(NC(=O)CNC(=O)/C=C/c3ccccc3)cc2)CC1. The highest BCUT2D eigenvalue weighted by molar-refractivity contribution is 5.98. The lowest BCUT2D eigenvalue weighted by Gasteiger charge is -2.32. The Hall–Kier alpha value is -3.08. The van der Waals surface area contributed by atoms with E-state index in [9.17, 15) is 9.59 Å². The van der Waals surface area contributed by atoms with Crippen molar-refractivity contribution in [2.45, 2.75) is 19.8 Å². The van der Waals surface area contributed by atoms with Crippen molar-refractivity contribution in [1.82, 2.24) is 5.32 Å². The lowest BCUT2D eigenvalue weighted by atomic mass is 9.99. The summed E-state index contributed by atoms with van der Waals surface area (Å²) in [5, 5.41) is 5.41. The zero-order valence-corrected chi connectivity index (χ0v) is 16.2. The van der Waals surface area contributed by atoms with Crippen molar-refractivity contribution in [1.29, 1.82) is 0 Å². The first-order valence-corrected chi connectivity index (χ1v) is 9.76. The molecule has 2 amide bonds. The Morgan fingerprint density at radius 3 is 2.39 bits per heavy atom. The summed E-state index contributed by atoms with van der Waals surface area (Å²) < 4.78 is 0. The van der Waals surface area contributed by atoms with E-state index in [1.165, 1.54) is 24.6 Å². The van der Waals surface area contributed by atoms with E-state index in [0.29, 0.717) is 0 Å². The summed E-state index contributed by atoms with van der Waals surface area (Å²) in [5.41, 5.74) is 2.85. The highest BCUT2D eigenvalue weighted by atomic mass is 16.2. The predicted molar refractivity (Wildman–Crippen MR) is 114 cm³/mol. The van der Waals surface area contributed by atoms with E-state index < -0.39 is 0 Å². The molecule has 0 aromatic heterocycles. The molecule has 2 aromatic carbocycles. The van der Waals surface area contributed by atoms with Crippen LogP contribution in [0.5, 0.6) is 0 Å². The minimum atomic E-state index is -0.298. The molecule has 1 saturated heterocycles. The number of carbonyl (C=O) groups excluding carboxylic acids is 2. The zero-order valence-electron chi connectivity index (χ0n) is 16.2. The third-order valence-electron chi connectivity index (χ3n) is 4.95. The van der Waals surface area contributed by atoms with Crippen LogP contribution >= 0.6 is 0 Å². The number of hydrogen-bond donors (Lipinski definition) is 2. The number of piperidine rings is 1. The number of amides is 2. The maximum absolute atomic E-state index is 12.1. The molecule has 1 fully saturated rings. The first-order valence-electron chi connectivity index (χ1n) is 9.76. The van der Waals surface area contributed by atoms with Gasteiger partial charge in [-0.25, -0.2) is 0 Å². The van der Waals surface area contributed by atoms with Crippen LogP contribution in [0.1, 0.15) is 25.3 Å². The lowest BCUT2D eigenvalue weighted by molar-refractivity contribution is -0.121. The van der Waals surface area contributed by atoms with Crippen LogP contribution in [-0.2, 0) is 9.59 Å². The number of nitrogens with one attached hydrogen (secondary N) is 2. The van der Waals surface area contributed by atoms with Gasteiger partial charge in [-0.2, -0.15) is 0 Å². The lowest BCUT2D eigenvalue weighted by Crippen LogP contribution is -2.33. The molecule has 28 heavy (non-hydrogen) atoms. The van der Waals surface area contributed by atoms with Crippen LogP contribution in [0.3, 0.4) is 0 Å². The summed E-state index contributed by atoms with van der Waals surface area (Å²) in [5.74, 6) is 0.252. The molecule has 2 N–H and O–H groups in total. The average molecular weight is 377 g/mol. The van der Waals surface area contributed by atoms with Gasteiger partial charge in [0.1, 0.15) is 0 Å². The molecule has 2 aromatic rings. The number of hydrogen-bond acceptors (Lipinski definition) is 3. The Morgan fingerprint density at radius 2 is 1.71 bits per heavy atom. The topological polar surface area (TPSA) is 61.4 Å². The summed E-state index contributed by atoms with van der Waals surface area (Å²) >= 11 is 0. The Balaban J connectivity index is 1.43. The van der Waals surface area contributed by atoms with Crippen molar-refractivity contribution >= 4 is 29.3 Å². The third-order valence-corrected chi connectivity index (χ3v) is 4.95.